The van der Waals surface area contributed by atoms with Crippen molar-refractivity contribution in [2.75, 3.05) is 21.3 Å². The van der Waals surface area contributed by atoms with Crippen LogP contribution in [-0.2, 0) is 4.79 Å². The summed E-state index contributed by atoms with van der Waals surface area (Å²) in [5, 5.41) is 11.6. The van der Waals surface area contributed by atoms with Gasteiger partial charge in [-0.25, -0.2) is 4.79 Å². The summed E-state index contributed by atoms with van der Waals surface area (Å²) in [6.07, 6.45) is 0. The number of nitrogens with one attached hydrogen (secondary N) is 4. The minimum atomic E-state index is -0.301. The van der Waals surface area contributed by atoms with Gasteiger partial charge in [0.25, 0.3) is 0 Å². The molecule has 136 valence electrons. The fourth-order valence-electron chi connectivity index (χ4n) is 2.50. The molecule has 0 aliphatic heterocycles. The molecule has 0 spiro atoms. The summed E-state index contributed by atoms with van der Waals surface area (Å²) in [5.41, 5.74) is 3.85. The summed E-state index contributed by atoms with van der Waals surface area (Å²) in [6.45, 7) is 1.47. The Kier molecular flexibility index (Phi) is 5.69. The third kappa shape index (κ3) is 5.61. The van der Waals surface area contributed by atoms with Crippen LogP contribution in [0.15, 0.2) is 78.9 Å². The molecule has 6 nitrogen and oxygen atoms in total. The van der Waals surface area contributed by atoms with Crippen molar-refractivity contribution in [3.63, 3.8) is 0 Å². The molecule has 0 aromatic heterocycles. The number of rotatable bonds is 5. The highest BCUT2D eigenvalue weighted by Gasteiger charge is 2.03. The second kappa shape index (κ2) is 8.53. The molecule has 0 radical (unpaired) electrons. The zero-order valence-corrected chi connectivity index (χ0v) is 14.8. The molecule has 0 saturated carbocycles. The van der Waals surface area contributed by atoms with E-state index in [0.717, 1.165) is 22.7 Å². The Morgan fingerprint density at radius 1 is 0.593 bits per heavy atom. The Balaban J connectivity index is 1.58. The SMILES string of the molecule is CC(=O)Nc1cccc(Nc2ccc(NC(=O)Nc3ccccc3)cc2)c1. The first-order chi connectivity index (χ1) is 13.1. The zero-order valence-electron chi connectivity index (χ0n) is 14.8. The van der Waals surface area contributed by atoms with E-state index in [1.165, 1.54) is 6.92 Å². The molecule has 0 saturated heterocycles. The van der Waals surface area contributed by atoms with Crippen molar-refractivity contribution in [3.05, 3.63) is 78.9 Å². The average molecular weight is 360 g/mol. The number of hydrogen-bond acceptors (Lipinski definition) is 3. The number of anilines is 5. The van der Waals surface area contributed by atoms with Crippen LogP contribution in [0.4, 0.5) is 33.2 Å². The molecule has 6 heteroatoms. The van der Waals surface area contributed by atoms with Gasteiger partial charge in [0.1, 0.15) is 0 Å². The third-order valence-electron chi connectivity index (χ3n) is 3.65. The number of amides is 3. The van der Waals surface area contributed by atoms with E-state index in [0.29, 0.717) is 5.69 Å². The number of benzene rings is 3. The predicted molar refractivity (Wildman–Crippen MR) is 110 cm³/mol. The topological polar surface area (TPSA) is 82.3 Å². The van der Waals surface area contributed by atoms with Gasteiger partial charge in [-0.3, -0.25) is 4.79 Å². The monoisotopic (exact) mass is 360 g/mol. The molecular weight excluding hydrogens is 340 g/mol. The quantitative estimate of drug-likeness (QED) is 0.515. The van der Waals surface area contributed by atoms with Crippen molar-refractivity contribution in [1.29, 1.82) is 0 Å². The molecule has 3 aromatic rings. The van der Waals surface area contributed by atoms with Crippen LogP contribution in [0.1, 0.15) is 6.92 Å². The van der Waals surface area contributed by atoms with Crippen molar-refractivity contribution in [2.24, 2.45) is 0 Å². The second-order valence-electron chi connectivity index (χ2n) is 5.91. The number of urea groups is 1. The number of hydrogen-bond donors (Lipinski definition) is 4. The van der Waals surface area contributed by atoms with Crippen molar-refractivity contribution in [2.45, 2.75) is 6.92 Å². The molecule has 0 aliphatic rings. The molecule has 3 amide bonds. The lowest BCUT2D eigenvalue weighted by atomic mass is 10.2. The van der Waals surface area contributed by atoms with Crippen molar-refractivity contribution in [1.82, 2.24) is 0 Å². The van der Waals surface area contributed by atoms with Crippen LogP contribution in [-0.4, -0.2) is 11.9 Å². The van der Waals surface area contributed by atoms with E-state index in [2.05, 4.69) is 21.3 Å². The molecule has 0 fully saturated rings. The van der Waals surface area contributed by atoms with E-state index < -0.39 is 0 Å². The van der Waals surface area contributed by atoms with Gasteiger partial charge in [0, 0.05) is 35.4 Å². The molecule has 0 atom stereocenters. The molecule has 3 aromatic carbocycles. The maximum absolute atomic E-state index is 12.0. The summed E-state index contributed by atoms with van der Waals surface area (Å²) < 4.78 is 0. The minimum absolute atomic E-state index is 0.114. The van der Waals surface area contributed by atoms with E-state index in [1.807, 2.05) is 78.9 Å². The number of carbonyl (C=O) groups excluding carboxylic acids is 2. The third-order valence-corrected chi connectivity index (χ3v) is 3.65. The van der Waals surface area contributed by atoms with Gasteiger partial charge in [0.05, 0.1) is 0 Å². The first kappa shape index (κ1) is 18.0. The summed E-state index contributed by atoms with van der Waals surface area (Å²) in [5.74, 6) is -0.114. The molecule has 3 rings (SSSR count). The second-order valence-corrected chi connectivity index (χ2v) is 5.91. The first-order valence-corrected chi connectivity index (χ1v) is 8.46. The summed E-state index contributed by atoms with van der Waals surface area (Å²) in [4.78, 5) is 23.2. The standard InChI is InChI=1S/C21H20N4O2/c1-15(26)22-19-8-5-9-20(14-19)23-17-10-12-18(13-11-17)25-21(27)24-16-6-3-2-4-7-16/h2-14,23H,1H3,(H,22,26)(H2,24,25,27). The van der Waals surface area contributed by atoms with Crippen LogP contribution in [0.3, 0.4) is 0 Å². The average Bonchev–Trinajstić information content (AvgIpc) is 2.64. The van der Waals surface area contributed by atoms with Gasteiger partial charge in [0.15, 0.2) is 0 Å². The highest BCUT2D eigenvalue weighted by molar-refractivity contribution is 5.99. The first-order valence-electron chi connectivity index (χ1n) is 8.46. The van der Waals surface area contributed by atoms with Gasteiger partial charge in [-0.15, -0.1) is 0 Å². The Morgan fingerprint density at radius 3 is 1.81 bits per heavy atom. The van der Waals surface area contributed by atoms with E-state index in [4.69, 9.17) is 0 Å². The maximum Gasteiger partial charge on any atom is 0.323 e. The minimum Gasteiger partial charge on any atom is -0.355 e. The fraction of sp³-hybridized carbons (Fsp3) is 0.0476. The van der Waals surface area contributed by atoms with Gasteiger partial charge in [0.2, 0.25) is 5.91 Å². The Bertz CT molecular complexity index is 924. The predicted octanol–water partition coefficient (Wildman–Crippen LogP) is 5.03. The molecule has 0 unspecified atom stereocenters. The van der Waals surface area contributed by atoms with Gasteiger partial charge in [-0.2, -0.15) is 0 Å². The van der Waals surface area contributed by atoms with Crippen LogP contribution in [0, 0.1) is 0 Å². The highest BCUT2D eigenvalue weighted by Crippen LogP contribution is 2.21. The number of para-hydroxylation sites is 1. The van der Waals surface area contributed by atoms with Gasteiger partial charge in [-0.05, 0) is 54.6 Å². The van der Waals surface area contributed by atoms with Gasteiger partial charge < -0.3 is 21.3 Å². The smallest absolute Gasteiger partial charge is 0.323 e. The Labute approximate surface area is 157 Å². The van der Waals surface area contributed by atoms with Crippen molar-refractivity contribution < 1.29 is 9.59 Å². The molecule has 0 bridgehead atoms. The van der Waals surface area contributed by atoms with Crippen LogP contribution in [0.25, 0.3) is 0 Å². The largest absolute Gasteiger partial charge is 0.355 e. The van der Waals surface area contributed by atoms with Crippen LogP contribution < -0.4 is 21.3 Å². The van der Waals surface area contributed by atoms with Crippen molar-refractivity contribution in [3.8, 4) is 0 Å². The Hall–Kier alpha value is -3.80. The van der Waals surface area contributed by atoms with Crippen LogP contribution in [0.5, 0.6) is 0 Å². The van der Waals surface area contributed by atoms with Gasteiger partial charge in [-0.1, -0.05) is 24.3 Å². The van der Waals surface area contributed by atoms with E-state index in [9.17, 15) is 9.59 Å². The molecular formula is C21H20N4O2. The van der Waals surface area contributed by atoms with Crippen molar-refractivity contribution >= 4 is 40.4 Å². The Morgan fingerprint density at radius 2 is 1.15 bits per heavy atom. The number of carbonyl (C=O) groups is 2. The lowest BCUT2D eigenvalue weighted by Crippen LogP contribution is -2.19. The van der Waals surface area contributed by atoms with E-state index in [-0.39, 0.29) is 11.9 Å². The fourth-order valence-corrected chi connectivity index (χ4v) is 2.50. The molecule has 4 N–H and O–H groups in total. The molecule has 0 aliphatic carbocycles. The van der Waals surface area contributed by atoms with Gasteiger partial charge >= 0.3 is 6.03 Å². The molecule has 0 heterocycles. The summed E-state index contributed by atoms with van der Waals surface area (Å²) >= 11 is 0. The van der Waals surface area contributed by atoms with E-state index >= 15 is 0 Å². The zero-order chi connectivity index (χ0) is 19.1. The highest BCUT2D eigenvalue weighted by atomic mass is 16.2. The summed E-state index contributed by atoms with van der Waals surface area (Å²) in [6, 6.07) is 23.7. The lowest BCUT2D eigenvalue weighted by Gasteiger charge is -2.11. The maximum atomic E-state index is 12.0. The van der Waals surface area contributed by atoms with Crippen LogP contribution in [0.2, 0.25) is 0 Å². The molecule has 27 heavy (non-hydrogen) atoms. The summed E-state index contributed by atoms with van der Waals surface area (Å²) in [7, 11) is 0. The lowest BCUT2D eigenvalue weighted by molar-refractivity contribution is -0.114. The van der Waals surface area contributed by atoms with E-state index in [1.54, 1.807) is 0 Å². The normalized spacial score (nSPS) is 9.96. The van der Waals surface area contributed by atoms with Crippen LogP contribution >= 0.6 is 0 Å².